The summed E-state index contributed by atoms with van der Waals surface area (Å²) in [6.45, 7) is 2.11. The van der Waals surface area contributed by atoms with Crippen molar-refractivity contribution in [1.82, 2.24) is 14.8 Å². The van der Waals surface area contributed by atoms with Crippen molar-refractivity contribution in [2.45, 2.75) is 6.92 Å². The summed E-state index contributed by atoms with van der Waals surface area (Å²) in [4.78, 5) is 11.9. The summed E-state index contributed by atoms with van der Waals surface area (Å²) in [5, 5.41) is 10.8. The van der Waals surface area contributed by atoms with Crippen LogP contribution < -0.4 is 11.1 Å². The van der Waals surface area contributed by atoms with Gasteiger partial charge in [0.2, 0.25) is 5.91 Å². The second-order valence-electron chi connectivity index (χ2n) is 4.44. The molecule has 1 heterocycles. The molecule has 19 heavy (non-hydrogen) atoms. The van der Waals surface area contributed by atoms with Crippen LogP contribution in [0.4, 0.5) is 5.69 Å². The Morgan fingerprint density at radius 1 is 1.47 bits per heavy atom. The van der Waals surface area contributed by atoms with Crippen LogP contribution >= 0.6 is 0 Å². The summed E-state index contributed by atoms with van der Waals surface area (Å²) in [6.07, 6.45) is 1.62. The summed E-state index contributed by atoms with van der Waals surface area (Å²) < 4.78 is 1.80. The van der Waals surface area contributed by atoms with Crippen molar-refractivity contribution >= 4 is 11.6 Å². The molecule has 1 amide bonds. The molecule has 0 radical (unpaired) electrons. The maximum atomic E-state index is 11.9. The molecule has 0 aliphatic heterocycles. The number of nitrogens with one attached hydrogen (secondary N) is 1. The number of benzene rings is 1. The summed E-state index contributed by atoms with van der Waals surface area (Å²) in [5.74, 6) is 0.376. The molecular weight excluding hydrogens is 242 g/mol. The lowest BCUT2D eigenvalue weighted by Gasteiger charge is -2.13. The minimum atomic E-state index is -0.229. The van der Waals surface area contributed by atoms with E-state index in [4.69, 9.17) is 5.73 Å². The predicted molar refractivity (Wildman–Crippen MR) is 73.3 cm³/mol. The molecule has 0 fully saturated rings. The van der Waals surface area contributed by atoms with Crippen molar-refractivity contribution in [1.29, 1.82) is 0 Å². The second kappa shape index (κ2) is 5.62. The van der Waals surface area contributed by atoms with Gasteiger partial charge in [0.15, 0.2) is 5.82 Å². The van der Waals surface area contributed by atoms with Crippen LogP contribution in [0.3, 0.4) is 0 Å². The molecule has 0 bridgehead atoms. The lowest BCUT2D eigenvalue weighted by molar-refractivity contribution is -0.119. The number of hydrogen-bond donors (Lipinski definition) is 2. The Hall–Kier alpha value is -2.21. The van der Waals surface area contributed by atoms with E-state index < -0.39 is 0 Å². The van der Waals surface area contributed by atoms with Gasteiger partial charge in [-0.25, -0.2) is 0 Å². The van der Waals surface area contributed by atoms with E-state index in [1.807, 2.05) is 31.3 Å². The topological polar surface area (TPSA) is 85.8 Å². The second-order valence-corrected chi connectivity index (χ2v) is 4.44. The molecule has 0 saturated heterocycles. The van der Waals surface area contributed by atoms with E-state index in [1.165, 1.54) is 0 Å². The highest BCUT2D eigenvalue weighted by Gasteiger charge is 2.15. The third-order valence-electron chi connectivity index (χ3n) is 2.94. The number of carbonyl (C=O) groups is 1. The van der Waals surface area contributed by atoms with Crippen LogP contribution in [0.1, 0.15) is 6.92 Å². The molecule has 0 aliphatic carbocycles. The molecule has 0 saturated carbocycles. The predicted octanol–water partition coefficient (Wildman–Crippen LogP) is 1.02. The van der Waals surface area contributed by atoms with Gasteiger partial charge < -0.3 is 15.6 Å². The molecule has 2 aromatic rings. The van der Waals surface area contributed by atoms with E-state index in [-0.39, 0.29) is 11.8 Å². The van der Waals surface area contributed by atoms with Crippen LogP contribution in [-0.2, 0) is 11.8 Å². The molecular formula is C13H17N5O. The summed E-state index contributed by atoms with van der Waals surface area (Å²) in [5.41, 5.74) is 7.04. The van der Waals surface area contributed by atoms with Crippen molar-refractivity contribution in [3.05, 3.63) is 30.6 Å². The number of nitrogens with two attached hydrogens (primary N) is 1. The third-order valence-corrected chi connectivity index (χ3v) is 2.94. The van der Waals surface area contributed by atoms with Crippen molar-refractivity contribution in [3.63, 3.8) is 0 Å². The van der Waals surface area contributed by atoms with Gasteiger partial charge in [0.25, 0.3) is 0 Å². The van der Waals surface area contributed by atoms with Gasteiger partial charge in [-0.15, -0.1) is 10.2 Å². The van der Waals surface area contributed by atoms with Gasteiger partial charge in [0, 0.05) is 25.1 Å². The van der Waals surface area contributed by atoms with Crippen molar-refractivity contribution < 1.29 is 4.79 Å². The number of anilines is 1. The zero-order valence-electron chi connectivity index (χ0n) is 11.0. The summed E-state index contributed by atoms with van der Waals surface area (Å²) in [6, 6.07) is 7.49. The average molecular weight is 259 g/mol. The van der Waals surface area contributed by atoms with E-state index >= 15 is 0 Å². The molecule has 0 aliphatic rings. The smallest absolute Gasteiger partial charge is 0.228 e. The van der Waals surface area contributed by atoms with Gasteiger partial charge in [0.1, 0.15) is 6.33 Å². The highest BCUT2D eigenvalue weighted by molar-refractivity contribution is 5.96. The number of aryl methyl sites for hydroxylation is 1. The lowest BCUT2D eigenvalue weighted by Crippen LogP contribution is -2.26. The fraction of sp³-hybridized carbons (Fsp3) is 0.308. The Bertz CT molecular complexity index is 578. The number of amides is 1. The summed E-state index contributed by atoms with van der Waals surface area (Å²) >= 11 is 0. The van der Waals surface area contributed by atoms with Gasteiger partial charge in [-0.2, -0.15) is 0 Å². The molecule has 0 spiro atoms. The molecule has 1 aromatic carbocycles. The Labute approximate surface area is 111 Å². The molecule has 100 valence electrons. The van der Waals surface area contributed by atoms with Crippen LogP contribution in [0, 0.1) is 5.92 Å². The monoisotopic (exact) mass is 259 g/mol. The van der Waals surface area contributed by atoms with Gasteiger partial charge in [0.05, 0.1) is 5.69 Å². The Kier molecular flexibility index (Phi) is 3.91. The van der Waals surface area contributed by atoms with Crippen molar-refractivity contribution in [2.75, 3.05) is 11.9 Å². The Morgan fingerprint density at radius 3 is 2.84 bits per heavy atom. The van der Waals surface area contributed by atoms with E-state index in [1.54, 1.807) is 17.8 Å². The molecule has 6 heteroatoms. The molecule has 1 unspecified atom stereocenters. The first-order chi connectivity index (χ1) is 9.13. The average Bonchev–Trinajstić information content (AvgIpc) is 2.84. The van der Waals surface area contributed by atoms with Gasteiger partial charge >= 0.3 is 0 Å². The lowest BCUT2D eigenvalue weighted by atomic mass is 10.1. The number of hydrogen-bond acceptors (Lipinski definition) is 4. The van der Waals surface area contributed by atoms with Crippen LogP contribution in [0.25, 0.3) is 11.4 Å². The van der Waals surface area contributed by atoms with E-state index in [9.17, 15) is 4.79 Å². The number of rotatable bonds is 4. The number of carbonyl (C=O) groups excluding carboxylic acids is 1. The normalized spacial score (nSPS) is 12.2. The molecule has 2 rings (SSSR count). The standard InChI is InChI=1S/C13H17N5O/c1-9(7-14)13(19)16-11-6-4-3-5-10(11)12-17-15-8-18(12)2/h3-6,8-9H,7,14H2,1-2H3,(H,16,19). The maximum Gasteiger partial charge on any atom is 0.228 e. The highest BCUT2D eigenvalue weighted by atomic mass is 16.1. The quantitative estimate of drug-likeness (QED) is 0.858. The van der Waals surface area contributed by atoms with Crippen LogP contribution in [0.2, 0.25) is 0 Å². The SMILES string of the molecule is CC(CN)C(=O)Nc1ccccc1-c1nncn1C. The van der Waals surface area contributed by atoms with E-state index in [2.05, 4.69) is 15.5 Å². The molecule has 1 atom stereocenters. The minimum Gasteiger partial charge on any atom is -0.330 e. The molecule has 3 N–H and O–H groups in total. The zero-order chi connectivity index (χ0) is 13.8. The molecule has 6 nitrogen and oxygen atoms in total. The largest absolute Gasteiger partial charge is 0.330 e. The van der Waals surface area contributed by atoms with Crippen LogP contribution in [-0.4, -0.2) is 27.2 Å². The number of nitrogens with zero attached hydrogens (tertiary/aromatic N) is 3. The first-order valence-electron chi connectivity index (χ1n) is 6.07. The first-order valence-corrected chi connectivity index (χ1v) is 6.07. The van der Waals surface area contributed by atoms with Gasteiger partial charge in [-0.3, -0.25) is 4.79 Å². The highest BCUT2D eigenvalue weighted by Crippen LogP contribution is 2.25. The number of para-hydroxylation sites is 1. The van der Waals surface area contributed by atoms with Crippen molar-refractivity contribution in [3.8, 4) is 11.4 Å². The first kappa shape index (κ1) is 13.2. The fourth-order valence-electron chi connectivity index (χ4n) is 1.68. The Balaban J connectivity index is 2.32. The zero-order valence-corrected chi connectivity index (χ0v) is 11.0. The fourth-order valence-corrected chi connectivity index (χ4v) is 1.68. The van der Waals surface area contributed by atoms with Gasteiger partial charge in [-0.1, -0.05) is 19.1 Å². The van der Waals surface area contributed by atoms with E-state index in [0.29, 0.717) is 18.1 Å². The molecule has 1 aromatic heterocycles. The van der Waals surface area contributed by atoms with Gasteiger partial charge in [-0.05, 0) is 12.1 Å². The van der Waals surface area contributed by atoms with Crippen LogP contribution in [0.5, 0.6) is 0 Å². The van der Waals surface area contributed by atoms with E-state index in [0.717, 1.165) is 5.56 Å². The maximum absolute atomic E-state index is 11.9. The third kappa shape index (κ3) is 2.79. The van der Waals surface area contributed by atoms with Crippen molar-refractivity contribution in [2.24, 2.45) is 18.7 Å². The Morgan fingerprint density at radius 2 is 2.21 bits per heavy atom. The summed E-state index contributed by atoms with van der Waals surface area (Å²) in [7, 11) is 1.86. The number of aromatic nitrogens is 3. The van der Waals surface area contributed by atoms with Crippen LogP contribution in [0.15, 0.2) is 30.6 Å². The minimum absolute atomic E-state index is 0.0999.